The summed E-state index contributed by atoms with van der Waals surface area (Å²) in [5.41, 5.74) is 5.50. The summed E-state index contributed by atoms with van der Waals surface area (Å²) in [5, 5.41) is 1.70. The molecule has 1 aliphatic rings. The molecule has 1 aromatic heterocycles. The monoisotopic (exact) mass is 540 g/mol. The third-order valence-electron chi connectivity index (χ3n) is 6.68. The van der Waals surface area contributed by atoms with Crippen LogP contribution in [0.5, 0.6) is 5.75 Å². The average molecular weight is 541 g/mol. The number of para-hydroxylation sites is 2. The van der Waals surface area contributed by atoms with E-state index in [2.05, 4.69) is 10.3 Å². The Bertz CT molecular complexity index is 1440. The first-order valence-corrected chi connectivity index (χ1v) is 13.3. The van der Waals surface area contributed by atoms with E-state index in [-0.39, 0.29) is 0 Å². The minimum Gasteiger partial charge on any atom is -0.490 e. The Kier molecular flexibility index (Phi) is 8.85. The zero-order chi connectivity index (χ0) is 27.7. The zero-order valence-electron chi connectivity index (χ0n) is 22.4. The van der Waals surface area contributed by atoms with Crippen LogP contribution < -0.4 is 15.2 Å². The number of aromatic nitrogens is 1. The van der Waals surface area contributed by atoms with E-state index in [1.54, 1.807) is 24.3 Å². The number of hydrogen-bond acceptors (Lipinski definition) is 7. The number of anilines is 1. The van der Waals surface area contributed by atoms with Gasteiger partial charge in [0.05, 0.1) is 43.7 Å². The van der Waals surface area contributed by atoms with Crippen LogP contribution in [0.1, 0.15) is 16.8 Å². The van der Waals surface area contributed by atoms with Crippen molar-refractivity contribution in [3.63, 3.8) is 0 Å². The molecule has 1 fully saturated rings. The van der Waals surface area contributed by atoms with E-state index in [1.165, 1.54) is 7.11 Å². The lowest BCUT2D eigenvalue weighted by Gasteiger charge is -2.26. The van der Waals surface area contributed by atoms with Gasteiger partial charge < -0.3 is 14.2 Å². The van der Waals surface area contributed by atoms with E-state index in [4.69, 9.17) is 19.2 Å². The quantitative estimate of drug-likeness (QED) is 0.250. The molecule has 1 N–H and O–H groups in total. The number of rotatable bonds is 8. The number of morpholine rings is 1. The Morgan fingerprint density at radius 3 is 2.35 bits per heavy atom. The largest absolute Gasteiger partial charge is 0.490 e. The third kappa shape index (κ3) is 6.22. The molecule has 9 heteroatoms. The van der Waals surface area contributed by atoms with E-state index in [1.807, 2.05) is 60.7 Å². The molecular weight excluding hydrogens is 508 g/mol. The van der Waals surface area contributed by atoms with Crippen molar-refractivity contribution in [3.8, 4) is 17.0 Å². The summed E-state index contributed by atoms with van der Waals surface area (Å²) < 4.78 is 16.8. The number of amides is 2. The summed E-state index contributed by atoms with van der Waals surface area (Å²) in [4.78, 5) is 34.0. The smallest absolute Gasteiger partial charge is 0.433 e. The number of fused-ring (bicyclic) bond motifs is 1. The number of carbonyl (C=O) groups excluding carboxylic acids is 2. The molecule has 0 atom stereocenters. The molecule has 0 bridgehead atoms. The van der Waals surface area contributed by atoms with Gasteiger partial charge in [-0.2, -0.15) is 5.01 Å². The van der Waals surface area contributed by atoms with E-state index in [9.17, 15) is 9.59 Å². The minimum atomic E-state index is -0.728. The van der Waals surface area contributed by atoms with Crippen LogP contribution in [0.15, 0.2) is 84.9 Å². The van der Waals surface area contributed by atoms with Crippen molar-refractivity contribution in [2.75, 3.05) is 51.6 Å². The molecule has 5 rings (SSSR count). The fourth-order valence-electron chi connectivity index (χ4n) is 4.68. The van der Waals surface area contributed by atoms with Crippen molar-refractivity contribution in [3.05, 3.63) is 90.5 Å². The van der Waals surface area contributed by atoms with Crippen molar-refractivity contribution in [1.29, 1.82) is 0 Å². The molecule has 9 nitrogen and oxygen atoms in total. The number of nitrogens with zero attached hydrogens (tertiary/aromatic N) is 3. The number of benzene rings is 3. The minimum absolute atomic E-state index is 0.292. The molecule has 1 saturated heterocycles. The molecule has 2 amide bonds. The zero-order valence-corrected chi connectivity index (χ0v) is 22.4. The first-order chi connectivity index (χ1) is 19.7. The summed E-state index contributed by atoms with van der Waals surface area (Å²) in [7, 11) is 1.27. The van der Waals surface area contributed by atoms with Crippen molar-refractivity contribution in [2.45, 2.75) is 6.42 Å². The molecule has 4 aromatic rings. The van der Waals surface area contributed by atoms with Crippen LogP contribution in [0.4, 0.5) is 10.5 Å². The molecule has 0 unspecified atom stereocenters. The number of ether oxygens (including phenoxy) is 3. The van der Waals surface area contributed by atoms with Crippen LogP contribution >= 0.6 is 0 Å². The van der Waals surface area contributed by atoms with Crippen LogP contribution in [-0.4, -0.2) is 68.4 Å². The summed E-state index contributed by atoms with van der Waals surface area (Å²) >= 11 is 0. The second-order valence-electron chi connectivity index (χ2n) is 9.29. The highest BCUT2D eigenvalue weighted by Crippen LogP contribution is 2.36. The maximum atomic E-state index is 14.1. The maximum Gasteiger partial charge on any atom is 0.433 e. The van der Waals surface area contributed by atoms with Gasteiger partial charge in [0.25, 0.3) is 5.91 Å². The molecule has 40 heavy (non-hydrogen) atoms. The summed E-state index contributed by atoms with van der Waals surface area (Å²) in [6.07, 6.45) is 0.0367. The normalized spacial score (nSPS) is 13.5. The molecule has 0 radical (unpaired) electrons. The summed E-state index contributed by atoms with van der Waals surface area (Å²) in [5.74, 6) is -0.157. The van der Waals surface area contributed by atoms with Gasteiger partial charge in [-0.3, -0.25) is 15.1 Å². The lowest BCUT2D eigenvalue weighted by atomic mass is 10.0. The fourth-order valence-corrected chi connectivity index (χ4v) is 4.68. The maximum absolute atomic E-state index is 14.1. The van der Waals surface area contributed by atoms with Crippen molar-refractivity contribution in [1.82, 2.24) is 15.3 Å². The summed E-state index contributed by atoms with van der Waals surface area (Å²) in [6.45, 7) is 4.49. The molecule has 206 valence electrons. The van der Waals surface area contributed by atoms with E-state index in [0.717, 1.165) is 49.8 Å². The predicted octanol–water partition coefficient (Wildman–Crippen LogP) is 4.92. The van der Waals surface area contributed by atoms with Crippen LogP contribution in [0.2, 0.25) is 0 Å². The number of nitrogens with one attached hydrogen (secondary N) is 1. The Hall–Kier alpha value is -4.47. The number of pyridine rings is 1. The average Bonchev–Trinajstić information content (AvgIpc) is 3.02. The fraction of sp³-hybridized carbons (Fsp3) is 0.258. The highest BCUT2D eigenvalue weighted by molar-refractivity contribution is 6.12. The Labute approximate surface area is 233 Å². The van der Waals surface area contributed by atoms with Crippen LogP contribution in [0, 0.1) is 0 Å². The Morgan fingerprint density at radius 2 is 1.62 bits per heavy atom. The van der Waals surface area contributed by atoms with Crippen molar-refractivity contribution in [2.24, 2.45) is 0 Å². The lowest BCUT2D eigenvalue weighted by Crippen LogP contribution is -2.46. The van der Waals surface area contributed by atoms with Gasteiger partial charge in [-0.1, -0.05) is 66.7 Å². The van der Waals surface area contributed by atoms with Gasteiger partial charge in [-0.05, 0) is 24.6 Å². The molecule has 3 aromatic carbocycles. The first kappa shape index (κ1) is 27.1. The van der Waals surface area contributed by atoms with Crippen LogP contribution in [0.25, 0.3) is 22.2 Å². The number of methoxy groups -OCH3 is 1. The first-order valence-electron chi connectivity index (χ1n) is 13.3. The Morgan fingerprint density at radius 1 is 0.950 bits per heavy atom. The second kappa shape index (κ2) is 13.1. The number of hydrazine groups is 1. The Balaban J connectivity index is 1.54. The van der Waals surface area contributed by atoms with E-state index in [0.29, 0.717) is 40.2 Å². The van der Waals surface area contributed by atoms with Crippen LogP contribution in [0.3, 0.4) is 0 Å². The molecule has 1 aliphatic heterocycles. The number of carbonyl (C=O) groups is 2. The third-order valence-corrected chi connectivity index (χ3v) is 6.68. The topological polar surface area (TPSA) is 93.2 Å². The molecular formula is C31H32N4O5. The number of hydrogen-bond donors (Lipinski definition) is 1. The van der Waals surface area contributed by atoms with Gasteiger partial charge in [0.1, 0.15) is 5.69 Å². The van der Waals surface area contributed by atoms with E-state index >= 15 is 0 Å². The van der Waals surface area contributed by atoms with Gasteiger partial charge >= 0.3 is 6.09 Å². The van der Waals surface area contributed by atoms with Crippen molar-refractivity contribution >= 4 is 28.6 Å². The van der Waals surface area contributed by atoms with E-state index < -0.39 is 12.0 Å². The highest BCUT2D eigenvalue weighted by Gasteiger charge is 2.27. The van der Waals surface area contributed by atoms with Gasteiger partial charge in [0.15, 0.2) is 5.75 Å². The lowest BCUT2D eigenvalue weighted by molar-refractivity contribution is 0.0358. The van der Waals surface area contributed by atoms with Gasteiger partial charge in [-0.25, -0.2) is 9.78 Å². The predicted molar refractivity (Wildman–Crippen MR) is 153 cm³/mol. The second-order valence-corrected chi connectivity index (χ2v) is 9.29. The molecule has 0 spiro atoms. The standard InChI is InChI=1S/C31H32N4O5/c1-38-31(37)35(24-13-6-3-7-14-24)33-30(36)27-25-15-8-9-16-26(25)32-28(23-11-4-2-5-12-23)29(27)40-20-10-17-34-18-21-39-22-19-34/h2-9,11-16H,10,17-22H2,1H3,(H,33,36). The summed E-state index contributed by atoms with van der Waals surface area (Å²) in [6, 6.07) is 25.8. The molecule has 2 heterocycles. The SMILES string of the molecule is COC(=O)N(NC(=O)c1c(OCCCN2CCOCC2)c(-c2ccccc2)nc2ccccc12)c1ccccc1. The molecule has 0 aliphatic carbocycles. The van der Waals surface area contributed by atoms with Crippen LogP contribution in [-0.2, 0) is 9.47 Å². The van der Waals surface area contributed by atoms with Crippen molar-refractivity contribution < 1.29 is 23.8 Å². The van der Waals surface area contributed by atoms with Gasteiger partial charge in [0.2, 0.25) is 0 Å². The molecule has 0 saturated carbocycles. The van der Waals surface area contributed by atoms with Gasteiger partial charge in [0, 0.05) is 30.6 Å². The van der Waals surface area contributed by atoms with Gasteiger partial charge in [-0.15, -0.1) is 0 Å². The highest BCUT2D eigenvalue weighted by atomic mass is 16.5.